The summed E-state index contributed by atoms with van der Waals surface area (Å²) in [7, 11) is 1.68. The Kier molecular flexibility index (Phi) is 5.84. The molecule has 0 spiro atoms. The van der Waals surface area contributed by atoms with E-state index in [0.717, 1.165) is 49.9 Å². The summed E-state index contributed by atoms with van der Waals surface area (Å²) in [6.07, 6.45) is 2.96. The van der Waals surface area contributed by atoms with E-state index in [-0.39, 0.29) is 5.91 Å². The van der Waals surface area contributed by atoms with Crippen LogP contribution in [0.4, 0.5) is 5.82 Å². The van der Waals surface area contributed by atoms with Gasteiger partial charge in [0.05, 0.1) is 12.6 Å². The zero-order valence-electron chi connectivity index (χ0n) is 19.2. The van der Waals surface area contributed by atoms with Gasteiger partial charge in [-0.25, -0.2) is 9.97 Å². The fourth-order valence-electron chi connectivity index (χ4n) is 4.82. The minimum atomic E-state index is -0.0419. The fourth-order valence-corrected chi connectivity index (χ4v) is 5.17. The number of carbonyl (C=O) groups is 1. The Labute approximate surface area is 203 Å². The summed E-state index contributed by atoms with van der Waals surface area (Å²) in [5.74, 6) is 1.55. The molecule has 0 radical (unpaired) electrons. The molecular formula is C27H25ClN4O2. The third kappa shape index (κ3) is 3.64. The maximum Gasteiger partial charge on any atom is 0.246 e. The van der Waals surface area contributed by atoms with Crippen LogP contribution in [0, 0.1) is 6.92 Å². The summed E-state index contributed by atoms with van der Waals surface area (Å²) in [6, 6.07) is 14.2. The standard InChI is InChI=1S/C27H25ClN4O2/c1-4-23(33)31-11-13-32(14-12-31)27-20-15-21(28)24(17(2)26(20)29-16-30-27)25-19-8-6-5-7-18(19)9-10-22(25)34-3/h4-10,15-16H,1,11-14H2,2-3H3. The number of piperazine rings is 1. The summed E-state index contributed by atoms with van der Waals surface area (Å²) in [4.78, 5) is 25.2. The summed E-state index contributed by atoms with van der Waals surface area (Å²) in [5.41, 5.74) is 3.70. The van der Waals surface area contributed by atoms with E-state index < -0.39 is 0 Å². The van der Waals surface area contributed by atoms with E-state index in [9.17, 15) is 4.79 Å². The number of benzene rings is 3. The minimum Gasteiger partial charge on any atom is -0.496 e. The highest BCUT2D eigenvalue weighted by Crippen LogP contribution is 2.45. The summed E-state index contributed by atoms with van der Waals surface area (Å²) in [5, 5.41) is 3.71. The molecule has 2 heterocycles. The highest BCUT2D eigenvalue weighted by Gasteiger charge is 2.24. The molecule has 4 aromatic rings. The van der Waals surface area contributed by atoms with E-state index >= 15 is 0 Å². The van der Waals surface area contributed by atoms with Gasteiger partial charge in [0.2, 0.25) is 5.91 Å². The van der Waals surface area contributed by atoms with Crippen molar-refractivity contribution in [3.05, 3.63) is 72.0 Å². The average molecular weight is 473 g/mol. The van der Waals surface area contributed by atoms with E-state index in [1.54, 1.807) is 18.3 Å². The molecule has 172 valence electrons. The smallest absolute Gasteiger partial charge is 0.246 e. The lowest BCUT2D eigenvalue weighted by atomic mass is 9.92. The number of hydrogen-bond acceptors (Lipinski definition) is 5. The predicted molar refractivity (Wildman–Crippen MR) is 138 cm³/mol. The lowest BCUT2D eigenvalue weighted by molar-refractivity contribution is -0.126. The molecule has 5 rings (SSSR count). The molecule has 0 atom stereocenters. The van der Waals surface area contributed by atoms with Gasteiger partial charge in [0.1, 0.15) is 17.9 Å². The van der Waals surface area contributed by atoms with E-state index in [0.29, 0.717) is 31.2 Å². The van der Waals surface area contributed by atoms with Crippen molar-refractivity contribution in [2.75, 3.05) is 38.2 Å². The summed E-state index contributed by atoms with van der Waals surface area (Å²) < 4.78 is 5.75. The molecule has 1 fully saturated rings. The largest absolute Gasteiger partial charge is 0.496 e. The number of ether oxygens (including phenoxy) is 1. The Balaban J connectivity index is 1.65. The van der Waals surface area contributed by atoms with Crippen LogP contribution in [0.3, 0.4) is 0 Å². The second-order valence-electron chi connectivity index (χ2n) is 8.33. The molecule has 7 heteroatoms. The highest BCUT2D eigenvalue weighted by molar-refractivity contribution is 6.35. The second-order valence-corrected chi connectivity index (χ2v) is 8.74. The van der Waals surface area contributed by atoms with Gasteiger partial charge in [-0.1, -0.05) is 48.5 Å². The molecule has 0 aliphatic carbocycles. The number of carbonyl (C=O) groups excluding carboxylic acids is 1. The normalized spacial score (nSPS) is 14.0. The van der Waals surface area contributed by atoms with Crippen molar-refractivity contribution in [1.82, 2.24) is 14.9 Å². The van der Waals surface area contributed by atoms with Gasteiger partial charge in [-0.2, -0.15) is 0 Å². The van der Waals surface area contributed by atoms with Gasteiger partial charge in [-0.15, -0.1) is 0 Å². The second kappa shape index (κ2) is 8.95. The van der Waals surface area contributed by atoms with Crippen LogP contribution in [-0.4, -0.2) is 54.1 Å². The SMILES string of the molecule is C=CC(=O)N1CCN(c2ncnc3c(C)c(-c4c(OC)ccc5ccccc45)c(Cl)cc23)CC1. The van der Waals surface area contributed by atoms with Gasteiger partial charge in [0.15, 0.2) is 0 Å². The van der Waals surface area contributed by atoms with Crippen LogP contribution in [-0.2, 0) is 4.79 Å². The molecule has 0 saturated carbocycles. The van der Waals surface area contributed by atoms with E-state index in [4.69, 9.17) is 16.3 Å². The van der Waals surface area contributed by atoms with Crippen LogP contribution in [0.15, 0.2) is 61.4 Å². The number of aryl methyl sites for hydroxylation is 1. The number of hydrogen-bond donors (Lipinski definition) is 0. The minimum absolute atomic E-state index is 0.0419. The monoisotopic (exact) mass is 472 g/mol. The van der Waals surface area contributed by atoms with E-state index in [1.807, 2.05) is 31.2 Å². The number of methoxy groups -OCH3 is 1. The van der Waals surface area contributed by atoms with Crippen LogP contribution >= 0.6 is 11.6 Å². The van der Waals surface area contributed by atoms with Crippen LogP contribution in [0.25, 0.3) is 32.8 Å². The Morgan fingerprint density at radius 2 is 1.82 bits per heavy atom. The molecule has 3 aromatic carbocycles. The molecule has 1 amide bonds. The molecule has 1 aromatic heterocycles. The lowest BCUT2D eigenvalue weighted by Crippen LogP contribution is -2.48. The third-order valence-corrected chi connectivity index (χ3v) is 6.83. The third-order valence-electron chi connectivity index (χ3n) is 6.53. The van der Waals surface area contributed by atoms with Crippen molar-refractivity contribution in [2.24, 2.45) is 0 Å². The fraction of sp³-hybridized carbons (Fsp3) is 0.222. The van der Waals surface area contributed by atoms with Gasteiger partial charge in [0, 0.05) is 47.7 Å². The molecule has 0 unspecified atom stereocenters. The first-order valence-corrected chi connectivity index (χ1v) is 11.6. The van der Waals surface area contributed by atoms with Gasteiger partial charge in [-0.05, 0) is 41.5 Å². The summed E-state index contributed by atoms with van der Waals surface area (Å²) >= 11 is 6.97. The van der Waals surface area contributed by atoms with Crippen LogP contribution in [0.1, 0.15) is 5.56 Å². The molecule has 1 aliphatic rings. The van der Waals surface area contributed by atoms with Crippen molar-refractivity contribution < 1.29 is 9.53 Å². The molecule has 1 saturated heterocycles. The molecule has 0 N–H and O–H groups in total. The number of fused-ring (bicyclic) bond motifs is 2. The first-order valence-electron chi connectivity index (χ1n) is 11.2. The lowest BCUT2D eigenvalue weighted by Gasteiger charge is -2.35. The van der Waals surface area contributed by atoms with Gasteiger partial charge in [-0.3, -0.25) is 4.79 Å². The number of amides is 1. The van der Waals surface area contributed by atoms with Crippen molar-refractivity contribution >= 4 is 45.0 Å². The Morgan fingerprint density at radius 3 is 2.56 bits per heavy atom. The maximum atomic E-state index is 12.0. The van der Waals surface area contributed by atoms with Crippen molar-refractivity contribution in [3.8, 4) is 16.9 Å². The Morgan fingerprint density at radius 1 is 1.06 bits per heavy atom. The van der Waals surface area contributed by atoms with Gasteiger partial charge >= 0.3 is 0 Å². The number of halogens is 1. The number of aromatic nitrogens is 2. The van der Waals surface area contributed by atoms with E-state index in [2.05, 4.69) is 39.6 Å². The molecule has 34 heavy (non-hydrogen) atoms. The average Bonchev–Trinajstić information content (AvgIpc) is 2.88. The number of nitrogens with zero attached hydrogens (tertiary/aromatic N) is 4. The zero-order chi connectivity index (χ0) is 23.8. The van der Waals surface area contributed by atoms with Crippen LogP contribution in [0.5, 0.6) is 5.75 Å². The van der Waals surface area contributed by atoms with Gasteiger partial charge < -0.3 is 14.5 Å². The van der Waals surface area contributed by atoms with Crippen molar-refractivity contribution in [2.45, 2.75) is 6.92 Å². The van der Waals surface area contributed by atoms with Crippen molar-refractivity contribution in [1.29, 1.82) is 0 Å². The highest BCUT2D eigenvalue weighted by atomic mass is 35.5. The van der Waals surface area contributed by atoms with Gasteiger partial charge in [0.25, 0.3) is 0 Å². The predicted octanol–water partition coefficient (Wildman–Crippen LogP) is 5.26. The first kappa shape index (κ1) is 22.2. The zero-order valence-corrected chi connectivity index (χ0v) is 20.0. The first-order chi connectivity index (χ1) is 16.5. The molecular weight excluding hydrogens is 448 g/mol. The number of rotatable bonds is 4. The molecule has 6 nitrogen and oxygen atoms in total. The summed E-state index contributed by atoms with van der Waals surface area (Å²) in [6.45, 7) is 8.23. The van der Waals surface area contributed by atoms with Crippen molar-refractivity contribution in [3.63, 3.8) is 0 Å². The topological polar surface area (TPSA) is 58.6 Å². The van der Waals surface area contributed by atoms with Crippen LogP contribution < -0.4 is 9.64 Å². The molecule has 0 bridgehead atoms. The Hall–Kier alpha value is -3.64. The van der Waals surface area contributed by atoms with Crippen LogP contribution in [0.2, 0.25) is 5.02 Å². The number of anilines is 1. The quantitative estimate of drug-likeness (QED) is 0.379. The Bertz CT molecular complexity index is 1430. The van der Waals surface area contributed by atoms with E-state index in [1.165, 1.54) is 6.08 Å². The maximum absolute atomic E-state index is 12.0. The molecule has 1 aliphatic heterocycles.